The second-order valence-corrected chi connectivity index (χ2v) is 10.5. The van der Waals surface area contributed by atoms with E-state index in [0.29, 0.717) is 32.0 Å². The summed E-state index contributed by atoms with van der Waals surface area (Å²) >= 11 is 0. The molecule has 0 bridgehead atoms. The van der Waals surface area contributed by atoms with Crippen LogP contribution in [0.4, 0.5) is 15.8 Å². The summed E-state index contributed by atoms with van der Waals surface area (Å²) in [6, 6.07) is 9.34. The Balaban J connectivity index is 2.09. The van der Waals surface area contributed by atoms with Gasteiger partial charge >= 0.3 is 0 Å². The average molecular weight is 472 g/mol. The Labute approximate surface area is 182 Å². The number of sulfonamides is 2. The number of benzene rings is 2. The van der Waals surface area contributed by atoms with Crippen molar-refractivity contribution in [1.82, 2.24) is 4.31 Å². The Bertz CT molecular complexity index is 1130. The molecule has 11 heteroatoms. The molecule has 0 aliphatic carbocycles. The van der Waals surface area contributed by atoms with E-state index in [9.17, 15) is 21.2 Å². The first-order valence-electron chi connectivity index (χ1n) is 9.95. The van der Waals surface area contributed by atoms with Gasteiger partial charge in [0.1, 0.15) is 10.7 Å². The maximum Gasteiger partial charge on any atom is 0.264 e. The van der Waals surface area contributed by atoms with E-state index in [1.807, 2.05) is 4.90 Å². The summed E-state index contributed by atoms with van der Waals surface area (Å²) in [6.45, 7) is 5.95. The van der Waals surface area contributed by atoms with Crippen LogP contribution in [-0.4, -0.2) is 60.5 Å². The van der Waals surface area contributed by atoms with Gasteiger partial charge in [0.25, 0.3) is 10.0 Å². The van der Waals surface area contributed by atoms with Gasteiger partial charge in [-0.15, -0.1) is 0 Å². The van der Waals surface area contributed by atoms with Crippen molar-refractivity contribution in [3.63, 3.8) is 0 Å². The first kappa shape index (κ1) is 23.5. The summed E-state index contributed by atoms with van der Waals surface area (Å²) in [5.74, 6) is -0.894. The molecule has 1 fully saturated rings. The predicted octanol–water partition coefficient (Wildman–Crippen LogP) is 2.49. The highest BCUT2D eigenvalue weighted by Gasteiger charge is 2.27. The summed E-state index contributed by atoms with van der Waals surface area (Å²) in [6.07, 6.45) is 0. The van der Waals surface area contributed by atoms with Crippen LogP contribution in [0, 0.1) is 5.82 Å². The van der Waals surface area contributed by atoms with Crippen molar-refractivity contribution in [3.8, 4) is 0 Å². The normalized spacial score (nSPS) is 15.3. The van der Waals surface area contributed by atoms with Gasteiger partial charge in [-0.05, 0) is 30.3 Å². The quantitative estimate of drug-likeness (QED) is 0.636. The van der Waals surface area contributed by atoms with Crippen LogP contribution in [-0.2, 0) is 24.8 Å². The highest BCUT2D eigenvalue weighted by molar-refractivity contribution is 7.92. The Morgan fingerprint density at radius 2 is 1.68 bits per heavy atom. The number of rotatable bonds is 8. The predicted molar refractivity (Wildman–Crippen MR) is 117 cm³/mol. The zero-order valence-corrected chi connectivity index (χ0v) is 19.0. The lowest BCUT2D eigenvalue weighted by Crippen LogP contribution is -2.37. The third-order valence-corrected chi connectivity index (χ3v) is 8.48. The number of morpholine rings is 1. The lowest BCUT2D eigenvalue weighted by Gasteiger charge is -2.31. The largest absolute Gasteiger partial charge is 0.378 e. The molecule has 170 valence electrons. The standard InChI is InChI=1S/C20H26FN3O5S2/c1-3-24(4-2)31(27,28)16-9-10-19(23-11-13-29-14-12-23)18(15-16)22-30(25,26)20-8-6-5-7-17(20)21/h5-10,15,22H,3-4,11-14H2,1-2H3. The van der Waals surface area contributed by atoms with Crippen LogP contribution in [0.5, 0.6) is 0 Å². The van der Waals surface area contributed by atoms with Gasteiger partial charge in [0.05, 0.1) is 29.5 Å². The summed E-state index contributed by atoms with van der Waals surface area (Å²) in [5, 5.41) is 0. The molecule has 31 heavy (non-hydrogen) atoms. The summed E-state index contributed by atoms with van der Waals surface area (Å²) in [7, 11) is -8.11. The fourth-order valence-corrected chi connectivity index (χ4v) is 6.04. The lowest BCUT2D eigenvalue weighted by molar-refractivity contribution is 0.123. The maximum atomic E-state index is 14.2. The fourth-order valence-electron chi connectivity index (χ4n) is 3.41. The Morgan fingerprint density at radius 3 is 2.29 bits per heavy atom. The second kappa shape index (κ2) is 9.51. The van der Waals surface area contributed by atoms with Gasteiger partial charge in [0.15, 0.2) is 0 Å². The van der Waals surface area contributed by atoms with E-state index in [-0.39, 0.29) is 23.7 Å². The zero-order chi connectivity index (χ0) is 22.6. The molecule has 8 nitrogen and oxygen atoms in total. The molecule has 2 aromatic rings. The molecule has 1 saturated heterocycles. The van der Waals surface area contributed by atoms with E-state index in [0.717, 1.165) is 12.1 Å². The van der Waals surface area contributed by atoms with E-state index in [1.54, 1.807) is 19.9 Å². The van der Waals surface area contributed by atoms with Gasteiger partial charge < -0.3 is 9.64 Å². The molecule has 1 N–H and O–H groups in total. The summed E-state index contributed by atoms with van der Waals surface area (Å²) in [4.78, 5) is 1.34. The average Bonchev–Trinajstić information content (AvgIpc) is 2.75. The first-order valence-corrected chi connectivity index (χ1v) is 12.9. The van der Waals surface area contributed by atoms with E-state index in [2.05, 4.69) is 4.72 Å². The van der Waals surface area contributed by atoms with Crippen molar-refractivity contribution in [2.24, 2.45) is 0 Å². The van der Waals surface area contributed by atoms with E-state index < -0.39 is 30.8 Å². The molecule has 2 aromatic carbocycles. The lowest BCUT2D eigenvalue weighted by atomic mass is 10.2. The molecule has 0 unspecified atom stereocenters. The molecule has 1 aliphatic heterocycles. The summed E-state index contributed by atoms with van der Waals surface area (Å²) < 4.78 is 75.0. The zero-order valence-electron chi connectivity index (χ0n) is 17.4. The third kappa shape index (κ3) is 5.00. The minimum absolute atomic E-state index is 0.0422. The molecule has 0 saturated carbocycles. The fraction of sp³-hybridized carbons (Fsp3) is 0.400. The molecule has 1 heterocycles. The van der Waals surface area contributed by atoms with Gasteiger partial charge in [-0.2, -0.15) is 4.31 Å². The topological polar surface area (TPSA) is 96.0 Å². The monoisotopic (exact) mass is 471 g/mol. The Morgan fingerprint density at radius 1 is 1.03 bits per heavy atom. The number of halogens is 1. The second-order valence-electron chi connectivity index (χ2n) is 6.90. The van der Waals surface area contributed by atoms with Crippen molar-refractivity contribution in [2.75, 3.05) is 49.0 Å². The van der Waals surface area contributed by atoms with Gasteiger partial charge in [0, 0.05) is 26.2 Å². The van der Waals surface area contributed by atoms with Crippen molar-refractivity contribution in [2.45, 2.75) is 23.6 Å². The van der Waals surface area contributed by atoms with Crippen molar-refractivity contribution in [1.29, 1.82) is 0 Å². The van der Waals surface area contributed by atoms with Crippen molar-refractivity contribution in [3.05, 3.63) is 48.3 Å². The molecule has 0 radical (unpaired) electrons. The molecular weight excluding hydrogens is 445 g/mol. The molecule has 0 amide bonds. The third-order valence-electron chi connectivity index (χ3n) is 5.03. The number of hydrogen-bond donors (Lipinski definition) is 1. The highest BCUT2D eigenvalue weighted by Crippen LogP contribution is 2.32. The maximum absolute atomic E-state index is 14.2. The number of anilines is 2. The van der Waals surface area contributed by atoms with Crippen LogP contribution in [0.3, 0.4) is 0 Å². The molecule has 3 rings (SSSR count). The highest BCUT2D eigenvalue weighted by atomic mass is 32.2. The number of hydrogen-bond acceptors (Lipinski definition) is 6. The van der Waals surface area contributed by atoms with Crippen molar-refractivity contribution >= 4 is 31.4 Å². The van der Waals surface area contributed by atoms with E-state index >= 15 is 0 Å². The van der Waals surface area contributed by atoms with Gasteiger partial charge in [-0.25, -0.2) is 21.2 Å². The Hall–Kier alpha value is -2.21. The number of ether oxygens (including phenoxy) is 1. The van der Waals surface area contributed by atoms with Crippen LogP contribution in [0.2, 0.25) is 0 Å². The Kier molecular flexibility index (Phi) is 7.20. The molecule has 0 spiro atoms. The van der Waals surface area contributed by atoms with Gasteiger partial charge in [-0.1, -0.05) is 26.0 Å². The molecule has 1 aliphatic rings. The SMILES string of the molecule is CCN(CC)S(=O)(=O)c1ccc(N2CCOCC2)c(NS(=O)(=O)c2ccccc2F)c1. The van der Waals surface area contributed by atoms with Gasteiger partial charge in [0.2, 0.25) is 10.0 Å². The number of nitrogens with zero attached hydrogens (tertiary/aromatic N) is 2. The van der Waals surface area contributed by atoms with Gasteiger partial charge in [-0.3, -0.25) is 4.72 Å². The van der Waals surface area contributed by atoms with Crippen LogP contribution >= 0.6 is 0 Å². The number of nitrogens with one attached hydrogen (secondary N) is 1. The van der Waals surface area contributed by atoms with Crippen LogP contribution < -0.4 is 9.62 Å². The first-order chi connectivity index (χ1) is 14.7. The molecule has 0 atom stereocenters. The van der Waals surface area contributed by atoms with Crippen LogP contribution in [0.1, 0.15) is 13.8 Å². The van der Waals surface area contributed by atoms with E-state index in [1.165, 1.54) is 28.6 Å². The minimum atomic E-state index is -4.29. The van der Waals surface area contributed by atoms with Crippen LogP contribution in [0.15, 0.2) is 52.3 Å². The molecule has 0 aromatic heterocycles. The molecular formula is C20H26FN3O5S2. The van der Waals surface area contributed by atoms with E-state index in [4.69, 9.17) is 4.74 Å². The summed E-state index contributed by atoms with van der Waals surface area (Å²) in [5.41, 5.74) is 0.570. The smallest absolute Gasteiger partial charge is 0.264 e. The van der Waals surface area contributed by atoms with Crippen LogP contribution in [0.25, 0.3) is 0 Å². The van der Waals surface area contributed by atoms with Crippen molar-refractivity contribution < 1.29 is 26.0 Å². The minimum Gasteiger partial charge on any atom is -0.378 e.